The topological polar surface area (TPSA) is 38.7 Å². The lowest BCUT2D eigenvalue weighted by atomic mass is 10.2. The van der Waals surface area contributed by atoms with Crippen LogP contribution in [0.15, 0.2) is 41.8 Å². The van der Waals surface area contributed by atoms with Crippen molar-refractivity contribution in [3.8, 4) is 11.5 Å². The third kappa shape index (κ3) is 3.75. The molecule has 2 aromatic rings. The lowest BCUT2D eigenvalue weighted by molar-refractivity contribution is 0.108. The maximum Gasteiger partial charge on any atom is 0.123 e. The predicted octanol–water partition coefficient (Wildman–Crippen LogP) is 2.74. The zero-order valence-electron chi connectivity index (χ0n) is 10.2. The average Bonchev–Trinajstić information content (AvgIpc) is 2.89. The number of methoxy groups -OCH3 is 1. The van der Waals surface area contributed by atoms with E-state index in [1.54, 1.807) is 24.5 Å². The Labute approximate surface area is 111 Å². The van der Waals surface area contributed by atoms with Crippen molar-refractivity contribution in [2.45, 2.75) is 12.5 Å². The largest absolute Gasteiger partial charge is 0.497 e. The van der Waals surface area contributed by atoms with Gasteiger partial charge in [-0.3, -0.25) is 0 Å². The summed E-state index contributed by atoms with van der Waals surface area (Å²) in [5.41, 5.74) is 0. The van der Waals surface area contributed by atoms with E-state index in [4.69, 9.17) is 9.47 Å². The highest BCUT2D eigenvalue weighted by Crippen LogP contribution is 2.19. The normalized spacial score (nSPS) is 12.1. The first-order chi connectivity index (χ1) is 8.78. The van der Waals surface area contributed by atoms with E-state index in [1.165, 1.54) is 0 Å². The summed E-state index contributed by atoms with van der Waals surface area (Å²) in [5, 5.41) is 11.9. The second-order valence-corrected chi connectivity index (χ2v) is 4.96. The molecular weight excluding hydrogens is 248 g/mol. The monoisotopic (exact) mass is 264 g/mol. The van der Waals surface area contributed by atoms with Crippen molar-refractivity contribution < 1.29 is 14.6 Å². The van der Waals surface area contributed by atoms with E-state index in [-0.39, 0.29) is 6.61 Å². The quantitative estimate of drug-likeness (QED) is 0.872. The van der Waals surface area contributed by atoms with Crippen molar-refractivity contribution in [3.63, 3.8) is 0 Å². The molecule has 0 fully saturated rings. The van der Waals surface area contributed by atoms with E-state index in [9.17, 15) is 5.11 Å². The fourth-order valence-electron chi connectivity index (χ4n) is 1.60. The Morgan fingerprint density at radius 1 is 1.22 bits per heavy atom. The smallest absolute Gasteiger partial charge is 0.123 e. The third-order valence-corrected chi connectivity index (χ3v) is 3.40. The minimum absolute atomic E-state index is 0.283. The number of thiophene rings is 1. The van der Waals surface area contributed by atoms with Crippen LogP contribution in [0.1, 0.15) is 4.88 Å². The van der Waals surface area contributed by atoms with Gasteiger partial charge in [0.1, 0.15) is 18.1 Å². The van der Waals surface area contributed by atoms with Crippen LogP contribution in [0.5, 0.6) is 11.5 Å². The van der Waals surface area contributed by atoms with Crippen LogP contribution in [0, 0.1) is 0 Å². The molecule has 18 heavy (non-hydrogen) atoms. The average molecular weight is 264 g/mol. The minimum atomic E-state index is -0.491. The number of rotatable bonds is 6. The summed E-state index contributed by atoms with van der Waals surface area (Å²) in [6.07, 6.45) is 0.136. The van der Waals surface area contributed by atoms with E-state index < -0.39 is 6.10 Å². The summed E-state index contributed by atoms with van der Waals surface area (Å²) in [6, 6.07) is 11.4. The van der Waals surface area contributed by atoms with Crippen LogP contribution < -0.4 is 9.47 Å². The first-order valence-corrected chi connectivity index (χ1v) is 6.63. The summed E-state index contributed by atoms with van der Waals surface area (Å²) >= 11 is 1.64. The summed E-state index contributed by atoms with van der Waals surface area (Å²) < 4.78 is 10.6. The highest BCUT2D eigenvalue weighted by molar-refractivity contribution is 7.09. The molecule has 0 aliphatic carbocycles. The van der Waals surface area contributed by atoms with Crippen LogP contribution in [-0.2, 0) is 6.42 Å². The number of ether oxygens (including phenoxy) is 2. The second-order valence-electron chi connectivity index (χ2n) is 3.93. The van der Waals surface area contributed by atoms with Gasteiger partial charge in [0.15, 0.2) is 0 Å². The molecule has 4 heteroatoms. The molecule has 0 aliphatic rings. The molecule has 1 aromatic heterocycles. The highest BCUT2D eigenvalue weighted by atomic mass is 32.1. The number of hydrogen-bond donors (Lipinski definition) is 1. The molecule has 0 aliphatic heterocycles. The summed E-state index contributed by atoms with van der Waals surface area (Å²) in [7, 11) is 1.62. The summed E-state index contributed by atoms with van der Waals surface area (Å²) in [4.78, 5) is 1.16. The van der Waals surface area contributed by atoms with E-state index in [1.807, 2.05) is 35.7 Å². The van der Waals surface area contributed by atoms with Crippen molar-refractivity contribution in [2.75, 3.05) is 13.7 Å². The first-order valence-electron chi connectivity index (χ1n) is 5.75. The predicted molar refractivity (Wildman–Crippen MR) is 72.5 cm³/mol. The molecule has 96 valence electrons. The third-order valence-electron chi connectivity index (χ3n) is 2.50. The van der Waals surface area contributed by atoms with Crippen LogP contribution in [0.3, 0.4) is 0 Å². The van der Waals surface area contributed by atoms with Crippen molar-refractivity contribution in [2.24, 2.45) is 0 Å². The van der Waals surface area contributed by atoms with Gasteiger partial charge >= 0.3 is 0 Å². The molecule has 1 N–H and O–H groups in total. The number of aliphatic hydroxyl groups excluding tert-OH is 1. The number of benzene rings is 1. The molecule has 0 saturated carbocycles. The standard InChI is InChI=1S/C14H16O3S/c1-16-12-4-2-5-13(9-12)17-10-11(15)8-14-6-3-7-18-14/h2-7,9,11,15H,8,10H2,1H3. The number of aliphatic hydroxyl groups is 1. The van der Waals surface area contributed by atoms with Crippen molar-refractivity contribution >= 4 is 11.3 Å². The Bertz CT molecular complexity index is 468. The van der Waals surface area contributed by atoms with Crippen molar-refractivity contribution in [1.29, 1.82) is 0 Å². The van der Waals surface area contributed by atoms with E-state index in [2.05, 4.69) is 0 Å². The van der Waals surface area contributed by atoms with Crippen LogP contribution in [-0.4, -0.2) is 24.9 Å². The molecule has 2 rings (SSSR count). The van der Waals surface area contributed by atoms with Crippen molar-refractivity contribution in [1.82, 2.24) is 0 Å². The Morgan fingerprint density at radius 2 is 2.06 bits per heavy atom. The molecule has 0 bridgehead atoms. The van der Waals surface area contributed by atoms with Crippen LogP contribution in [0.2, 0.25) is 0 Å². The van der Waals surface area contributed by atoms with E-state index >= 15 is 0 Å². The van der Waals surface area contributed by atoms with Crippen molar-refractivity contribution in [3.05, 3.63) is 46.7 Å². The maximum absolute atomic E-state index is 9.86. The van der Waals surface area contributed by atoms with Gasteiger partial charge in [-0.1, -0.05) is 12.1 Å². The van der Waals surface area contributed by atoms with Gasteiger partial charge in [0.2, 0.25) is 0 Å². The van der Waals surface area contributed by atoms with Gasteiger partial charge in [0, 0.05) is 17.4 Å². The Morgan fingerprint density at radius 3 is 2.78 bits per heavy atom. The van der Waals surface area contributed by atoms with E-state index in [0.29, 0.717) is 12.2 Å². The van der Waals surface area contributed by atoms with Gasteiger partial charge in [-0.15, -0.1) is 11.3 Å². The van der Waals surface area contributed by atoms with Gasteiger partial charge in [-0.25, -0.2) is 0 Å². The molecule has 0 spiro atoms. The molecule has 1 unspecified atom stereocenters. The maximum atomic E-state index is 9.86. The van der Waals surface area contributed by atoms with Gasteiger partial charge in [0.05, 0.1) is 13.2 Å². The van der Waals surface area contributed by atoms with Crippen LogP contribution in [0.25, 0.3) is 0 Å². The van der Waals surface area contributed by atoms with Gasteiger partial charge < -0.3 is 14.6 Å². The molecule has 3 nitrogen and oxygen atoms in total. The van der Waals surface area contributed by atoms with Gasteiger partial charge in [0.25, 0.3) is 0 Å². The lowest BCUT2D eigenvalue weighted by Crippen LogP contribution is -2.19. The SMILES string of the molecule is COc1cccc(OCC(O)Cc2cccs2)c1. The number of hydrogen-bond acceptors (Lipinski definition) is 4. The molecule has 1 heterocycles. The Hall–Kier alpha value is -1.52. The Kier molecular flexibility index (Phi) is 4.61. The van der Waals surface area contributed by atoms with Gasteiger partial charge in [-0.2, -0.15) is 0 Å². The summed E-state index contributed by atoms with van der Waals surface area (Å²) in [6.45, 7) is 0.283. The van der Waals surface area contributed by atoms with Gasteiger partial charge in [-0.05, 0) is 23.6 Å². The molecule has 1 atom stereocenters. The first kappa shape index (κ1) is 12.9. The molecular formula is C14H16O3S. The zero-order valence-corrected chi connectivity index (χ0v) is 11.0. The Balaban J connectivity index is 1.83. The minimum Gasteiger partial charge on any atom is -0.497 e. The molecule has 0 amide bonds. The second kappa shape index (κ2) is 6.42. The van der Waals surface area contributed by atoms with Crippen LogP contribution >= 0.6 is 11.3 Å². The van der Waals surface area contributed by atoms with Crippen LogP contribution in [0.4, 0.5) is 0 Å². The summed E-state index contributed by atoms with van der Waals surface area (Å²) in [5.74, 6) is 1.46. The molecule has 1 aromatic carbocycles. The fraction of sp³-hybridized carbons (Fsp3) is 0.286. The highest BCUT2D eigenvalue weighted by Gasteiger charge is 2.07. The fourth-order valence-corrected chi connectivity index (χ4v) is 2.38. The zero-order chi connectivity index (χ0) is 12.8. The lowest BCUT2D eigenvalue weighted by Gasteiger charge is -2.12. The van der Waals surface area contributed by atoms with E-state index in [0.717, 1.165) is 10.6 Å². The molecule has 0 saturated heterocycles. The molecule has 0 radical (unpaired) electrons.